The van der Waals surface area contributed by atoms with Gasteiger partial charge >= 0.3 is 0 Å². The third-order valence-electron chi connectivity index (χ3n) is 5.41. The fourth-order valence-corrected chi connectivity index (χ4v) is 6.27. The first-order valence-electron chi connectivity index (χ1n) is 8.28. The summed E-state index contributed by atoms with van der Waals surface area (Å²) in [4.78, 5) is 27.3. The van der Waals surface area contributed by atoms with Crippen LogP contribution in [0.1, 0.15) is 24.0 Å². The number of carboxylic acids is 1. The highest BCUT2D eigenvalue weighted by Crippen LogP contribution is 2.47. The van der Waals surface area contributed by atoms with Crippen LogP contribution in [0.15, 0.2) is 16.9 Å². The minimum Gasteiger partial charge on any atom is -0.543 e. The predicted octanol–water partition coefficient (Wildman–Crippen LogP) is -0.0719. The van der Waals surface area contributed by atoms with E-state index in [0.717, 1.165) is 20.6 Å². The molecule has 0 aromatic carbocycles. The quantitative estimate of drug-likeness (QED) is 0.446. The van der Waals surface area contributed by atoms with Crippen LogP contribution in [-0.2, 0) is 16.6 Å². The van der Waals surface area contributed by atoms with Crippen molar-refractivity contribution in [3.8, 4) is 0 Å². The molecule has 2 aromatic rings. The van der Waals surface area contributed by atoms with Gasteiger partial charge in [0.15, 0.2) is 0 Å². The number of carbonyl (C=O) groups is 2. The average Bonchev–Trinajstić information content (AvgIpc) is 3.19. The van der Waals surface area contributed by atoms with Crippen molar-refractivity contribution in [2.45, 2.75) is 37.4 Å². The lowest BCUT2D eigenvalue weighted by molar-refractivity contribution is -0.516. The van der Waals surface area contributed by atoms with E-state index in [0.29, 0.717) is 12.0 Å². The zero-order valence-electron chi connectivity index (χ0n) is 14.8. The van der Waals surface area contributed by atoms with Gasteiger partial charge in [0.25, 0.3) is 5.82 Å². The zero-order chi connectivity index (χ0) is 18.9. The molecule has 2 aliphatic rings. The number of aliphatic hydroxyl groups is 1. The average molecular weight is 393 g/mol. The summed E-state index contributed by atoms with van der Waals surface area (Å²) in [5.41, 5.74) is 0.573. The van der Waals surface area contributed by atoms with Gasteiger partial charge in [-0.15, -0.1) is 0 Å². The van der Waals surface area contributed by atoms with E-state index in [1.807, 2.05) is 26.4 Å². The first kappa shape index (κ1) is 17.6. The van der Waals surface area contributed by atoms with Gasteiger partial charge in [0.2, 0.25) is 15.8 Å². The Morgan fingerprint density at radius 2 is 2.23 bits per heavy atom. The molecular formula is C17H19N3O4S2. The summed E-state index contributed by atoms with van der Waals surface area (Å²) in [6, 6.07) is -0.302. The summed E-state index contributed by atoms with van der Waals surface area (Å²) < 4.78 is 4.15. The Hall–Kier alpha value is -1.84. The minimum absolute atomic E-state index is 0.0471. The summed E-state index contributed by atoms with van der Waals surface area (Å²) in [6.45, 7) is 3.58. The third kappa shape index (κ3) is 2.14. The van der Waals surface area contributed by atoms with Crippen molar-refractivity contribution < 1.29 is 24.2 Å². The lowest BCUT2D eigenvalue weighted by atomic mass is 9.83. The number of imidazole rings is 1. The number of aliphatic carboxylic acids is 1. The third-order valence-corrected chi connectivity index (χ3v) is 7.54. The Kier molecular flexibility index (Phi) is 3.94. The van der Waals surface area contributed by atoms with E-state index in [1.165, 1.54) is 16.2 Å². The van der Waals surface area contributed by atoms with Crippen LogP contribution >= 0.6 is 23.1 Å². The van der Waals surface area contributed by atoms with E-state index in [9.17, 15) is 19.8 Å². The van der Waals surface area contributed by atoms with Crippen LogP contribution < -0.4 is 9.51 Å². The molecule has 0 aliphatic carbocycles. The van der Waals surface area contributed by atoms with Crippen molar-refractivity contribution >= 4 is 45.4 Å². The lowest BCUT2D eigenvalue weighted by Gasteiger charge is -2.45. The number of thioether (sulfide) groups is 1. The highest BCUT2D eigenvalue weighted by atomic mass is 32.2. The number of nitrogens with zero attached hydrogens (tertiary/aromatic N) is 3. The molecule has 26 heavy (non-hydrogen) atoms. The molecule has 4 heterocycles. The highest BCUT2D eigenvalue weighted by Gasteiger charge is 2.55. The molecule has 0 saturated carbocycles. The maximum Gasteiger partial charge on any atom is 0.259 e. The number of thiazole rings is 1. The molecule has 1 amide bonds. The molecular weight excluding hydrogens is 374 g/mol. The summed E-state index contributed by atoms with van der Waals surface area (Å²) >= 11 is 3.15. The van der Waals surface area contributed by atoms with Gasteiger partial charge in [-0.05, 0) is 19.6 Å². The van der Waals surface area contributed by atoms with Gasteiger partial charge in [0.1, 0.15) is 6.20 Å². The summed E-state index contributed by atoms with van der Waals surface area (Å²) in [5.74, 6) is -1.18. The second-order valence-electron chi connectivity index (χ2n) is 6.75. The van der Waals surface area contributed by atoms with Crippen LogP contribution in [0.3, 0.4) is 0 Å². The van der Waals surface area contributed by atoms with Gasteiger partial charge in [-0.25, -0.2) is 4.57 Å². The molecule has 0 bridgehead atoms. The van der Waals surface area contributed by atoms with Gasteiger partial charge in [0, 0.05) is 12.5 Å². The molecule has 7 nitrogen and oxygen atoms in total. The standard InChI is InChI=1S/C17H19N3O4S2/c1-7(21)12-10-5-9(13(17(23)24)20(10)14(12)22)11-6-19-8(2)18(3)15(25-4)16(19)26-11/h6-7,10,12,21H,5H2,1-4H3/t7-,10-,12-/m1/s1. The normalized spacial score (nSPS) is 23.6. The van der Waals surface area contributed by atoms with Crippen LogP contribution in [0.2, 0.25) is 0 Å². The van der Waals surface area contributed by atoms with Gasteiger partial charge in [-0.2, -0.15) is 4.40 Å². The number of aryl methyl sites for hydroxylation is 1. The molecule has 0 unspecified atom stereocenters. The SMILES string of the molecule is CSc1c2sc(C3=C(C(=O)[O-])N4C(=O)[C@H]([C@@H](C)O)[C@H]4C3)c[n+]2c(C)n1C. The predicted molar refractivity (Wildman–Crippen MR) is 95.3 cm³/mol. The van der Waals surface area contributed by atoms with Gasteiger partial charge in [0.05, 0.1) is 41.7 Å². The molecule has 2 aliphatic heterocycles. The van der Waals surface area contributed by atoms with Gasteiger partial charge < -0.3 is 19.9 Å². The van der Waals surface area contributed by atoms with Crippen molar-refractivity contribution in [3.05, 3.63) is 22.6 Å². The van der Waals surface area contributed by atoms with Gasteiger partial charge in [-0.1, -0.05) is 23.1 Å². The molecule has 9 heteroatoms. The molecule has 2 aromatic heterocycles. The van der Waals surface area contributed by atoms with Crippen molar-refractivity contribution in [1.29, 1.82) is 0 Å². The van der Waals surface area contributed by atoms with E-state index < -0.39 is 18.0 Å². The second kappa shape index (κ2) is 5.83. The van der Waals surface area contributed by atoms with E-state index in [-0.39, 0.29) is 17.6 Å². The number of carboxylic acid groups (broad SMARTS) is 1. The van der Waals surface area contributed by atoms with Crippen LogP contribution in [0, 0.1) is 12.8 Å². The van der Waals surface area contributed by atoms with Crippen molar-refractivity contribution in [2.75, 3.05) is 6.26 Å². The highest BCUT2D eigenvalue weighted by molar-refractivity contribution is 7.98. The molecule has 1 saturated heterocycles. The number of hydrogen-bond acceptors (Lipinski definition) is 6. The molecule has 0 spiro atoms. The number of amides is 1. The minimum atomic E-state index is -1.34. The van der Waals surface area contributed by atoms with Crippen LogP contribution in [0.5, 0.6) is 0 Å². The largest absolute Gasteiger partial charge is 0.543 e. The van der Waals surface area contributed by atoms with Gasteiger partial charge in [-0.3, -0.25) is 4.79 Å². The topological polar surface area (TPSA) is 89.7 Å². The van der Waals surface area contributed by atoms with Crippen LogP contribution in [0.4, 0.5) is 0 Å². The van der Waals surface area contributed by atoms with Crippen LogP contribution in [0.25, 0.3) is 10.4 Å². The van der Waals surface area contributed by atoms with E-state index >= 15 is 0 Å². The Morgan fingerprint density at radius 1 is 1.54 bits per heavy atom. The number of aliphatic hydroxyl groups excluding tert-OH is 1. The maximum atomic E-state index is 12.3. The number of hydrogen-bond donors (Lipinski definition) is 1. The van der Waals surface area contributed by atoms with E-state index in [4.69, 9.17) is 0 Å². The Labute approximate surface area is 158 Å². The second-order valence-corrected chi connectivity index (χ2v) is 8.57. The number of carbonyl (C=O) groups excluding carboxylic acids is 2. The molecule has 138 valence electrons. The Bertz CT molecular complexity index is 988. The summed E-state index contributed by atoms with van der Waals surface area (Å²) in [5, 5.41) is 22.7. The lowest BCUT2D eigenvalue weighted by Crippen LogP contribution is -2.62. The zero-order valence-corrected chi connectivity index (χ0v) is 16.5. The Balaban J connectivity index is 1.84. The van der Waals surface area contributed by atoms with Crippen molar-refractivity contribution in [3.63, 3.8) is 0 Å². The van der Waals surface area contributed by atoms with E-state index in [1.54, 1.807) is 18.7 Å². The first-order valence-corrected chi connectivity index (χ1v) is 10.3. The number of β-lactam (4-membered cyclic amide) rings is 1. The Morgan fingerprint density at radius 3 is 2.81 bits per heavy atom. The molecule has 0 radical (unpaired) electrons. The molecule has 3 atom stereocenters. The molecule has 1 fully saturated rings. The smallest absolute Gasteiger partial charge is 0.259 e. The maximum absolute atomic E-state index is 12.3. The molecule has 4 rings (SSSR count). The van der Waals surface area contributed by atoms with Crippen molar-refractivity contribution in [2.24, 2.45) is 13.0 Å². The number of rotatable bonds is 4. The fraction of sp³-hybridized carbons (Fsp3) is 0.471. The van der Waals surface area contributed by atoms with Crippen LogP contribution in [-0.4, -0.2) is 44.9 Å². The number of aromatic nitrogens is 2. The summed E-state index contributed by atoms with van der Waals surface area (Å²) in [6.07, 6.45) is 3.57. The fourth-order valence-electron chi connectivity index (χ4n) is 4.04. The van der Waals surface area contributed by atoms with Crippen molar-refractivity contribution in [1.82, 2.24) is 9.47 Å². The number of fused-ring (bicyclic) bond motifs is 2. The monoisotopic (exact) mass is 393 g/mol. The summed E-state index contributed by atoms with van der Waals surface area (Å²) in [7, 11) is 2.00. The molecule has 1 N–H and O–H groups in total. The van der Waals surface area contributed by atoms with E-state index in [2.05, 4.69) is 8.97 Å². The first-order chi connectivity index (χ1) is 12.3.